The zero-order valence-electron chi connectivity index (χ0n) is 6.79. The molecule has 1 saturated heterocycles. The van der Waals surface area contributed by atoms with Crippen molar-refractivity contribution in [2.75, 3.05) is 39.3 Å². The van der Waals surface area contributed by atoms with Gasteiger partial charge in [-0.2, -0.15) is 13.1 Å². The maximum Gasteiger partial charge on any atom is 0 e. The second-order valence-corrected chi connectivity index (χ2v) is 2.09. The molecule has 1 aliphatic rings. The Kier molecular flexibility index (Phi) is 17.1. The van der Waals surface area contributed by atoms with Crippen molar-refractivity contribution in [3.8, 4) is 0 Å². The molecule has 1 heterocycles. The van der Waals surface area contributed by atoms with E-state index in [1.807, 2.05) is 0 Å². The molecule has 0 amide bonds. The van der Waals surface area contributed by atoms with Crippen LogP contribution in [0.15, 0.2) is 0 Å². The summed E-state index contributed by atoms with van der Waals surface area (Å²) in [6.45, 7) is 5.79. The summed E-state index contributed by atoms with van der Waals surface area (Å²) in [4.78, 5) is 0. The third-order valence-electron chi connectivity index (χ3n) is 1.31. The average molecular weight is 305 g/mol. The topological polar surface area (TPSA) is 40.2 Å². The fourth-order valence-corrected chi connectivity index (χ4v) is 0.806. The van der Waals surface area contributed by atoms with Crippen LogP contribution in [0.5, 0.6) is 0 Å². The van der Waals surface area contributed by atoms with Crippen molar-refractivity contribution in [2.24, 2.45) is 0 Å². The van der Waals surface area contributed by atoms with Gasteiger partial charge in [-0.3, -0.25) is 0 Å². The van der Waals surface area contributed by atoms with Crippen molar-refractivity contribution in [3.05, 3.63) is 10.6 Å². The van der Waals surface area contributed by atoms with E-state index in [1.54, 1.807) is 0 Å². The monoisotopic (exact) mass is 305 g/mol. The molecule has 2 radical (unpaired) electrons. The Morgan fingerprint density at radius 1 is 0.727 bits per heavy atom. The van der Waals surface area contributed by atoms with Gasteiger partial charge in [-0.1, -0.05) is 0 Å². The van der Waals surface area contributed by atoms with Crippen LogP contribution in [-0.2, 0) is 65.4 Å². The van der Waals surface area contributed by atoms with Gasteiger partial charge in [0.25, 0.3) is 0 Å². The first-order valence-electron chi connectivity index (χ1n) is 3.47. The van der Waals surface area contributed by atoms with Gasteiger partial charge >= 0.3 is 0 Å². The van der Waals surface area contributed by atoms with Crippen molar-refractivity contribution < 1.29 is 65.4 Å². The molecule has 0 aromatic rings. The van der Waals surface area contributed by atoms with Crippen LogP contribution in [0.2, 0.25) is 0 Å². The van der Waals surface area contributed by atoms with E-state index in [9.17, 15) is 0 Å². The summed E-state index contributed by atoms with van der Waals surface area (Å²) in [6, 6.07) is 0. The quantitative estimate of drug-likeness (QED) is 0.688. The zero-order valence-corrected chi connectivity index (χ0v) is 12.5. The van der Waals surface area contributed by atoms with Crippen LogP contribution in [0.4, 0.5) is 0 Å². The first-order chi connectivity index (χ1) is 4.50. The molecule has 0 unspecified atom stereocenters. The molecule has 0 bridgehead atoms. The minimum absolute atomic E-state index is 0. The molecule has 0 aromatic heterocycles. The summed E-state index contributed by atoms with van der Waals surface area (Å²) in [5.41, 5.74) is 0. The first-order valence-corrected chi connectivity index (χ1v) is 3.47. The fourth-order valence-electron chi connectivity index (χ4n) is 0.806. The standard InChI is InChI=1S/C6H13N3.2Y/c1-2-8-5-6-9-4-3-7-1;;/h7H,1-6H2;;/q-2;;. The predicted molar refractivity (Wildman–Crippen MR) is 39.1 cm³/mol. The van der Waals surface area contributed by atoms with Gasteiger partial charge in [0.2, 0.25) is 0 Å². The second-order valence-electron chi connectivity index (χ2n) is 2.09. The summed E-state index contributed by atoms with van der Waals surface area (Å²) < 4.78 is 0. The van der Waals surface area contributed by atoms with Crippen LogP contribution >= 0.6 is 0 Å². The largest absolute Gasteiger partial charge is 0.663 e. The van der Waals surface area contributed by atoms with Gasteiger partial charge in [-0.25, -0.2) is 0 Å². The van der Waals surface area contributed by atoms with Crippen LogP contribution in [-0.4, -0.2) is 39.3 Å². The van der Waals surface area contributed by atoms with Crippen LogP contribution in [0.25, 0.3) is 10.6 Å². The molecule has 0 aliphatic carbocycles. The van der Waals surface area contributed by atoms with E-state index in [4.69, 9.17) is 0 Å². The summed E-state index contributed by atoms with van der Waals surface area (Å²) in [7, 11) is 0. The molecule has 1 fully saturated rings. The number of rotatable bonds is 0. The third kappa shape index (κ3) is 10.0. The van der Waals surface area contributed by atoms with Crippen molar-refractivity contribution in [3.63, 3.8) is 0 Å². The van der Waals surface area contributed by atoms with E-state index in [2.05, 4.69) is 16.0 Å². The van der Waals surface area contributed by atoms with E-state index >= 15 is 0 Å². The molecular formula is C6H13N3Y2-2. The molecule has 0 spiro atoms. The van der Waals surface area contributed by atoms with Gasteiger partial charge in [0.15, 0.2) is 0 Å². The Labute approximate surface area is 119 Å². The zero-order chi connectivity index (χ0) is 6.36. The molecule has 0 aromatic carbocycles. The maximum atomic E-state index is 4.23. The second kappa shape index (κ2) is 12.1. The van der Waals surface area contributed by atoms with Crippen LogP contribution in [0.3, 0.4) is 0 Å². The van der Waals surface area contributed by atoms with Crippen LogP contribution < -0.4 is 5.32 Å². The van der Waals surface area contributed by atoms with Crippen molar-refractivity contribution in [1.82, 2.24) is 5.32 Å². The minimum atomic E-state index is 0. The fraction of sp³-hybridized carbons (Fsp3) is 1.00. The Balaban J connectivity index is 0. The van der Waals surface area contributed by atoms with Gasteiger partial charge in [0.05, 0.1) is 0 Å². The molecule has 60 valence electrons. The van der Waals surface area contributed by atoms with Crippen molar-refractivity contribution >= 4 is 0 Å². The molecule has 0 atom stereocenters. The first kappa shape index (κ1) is 15.6. The van der Waals surface area contributed by atoms with Gasteiger partial charge in [-0.05, 0) is 13.1 Å². The molecule has 11 heavy (non-hydrogen) atoms. The van der Waals surface area contributed by atoms with E-state index in [0.717, 1.165) is 39.3 Å². The molecule has 1 N–H and O–H groups in total. The number of hydrogen-bond donors (Lipinski definition) is 1. The summed E-state index contributed by atoms with van der Waals surface area (Å²) in [6.07, 6.45) is 0. The van der Waals surface area contributed by atoms with Gasteiger partial charge in [0, 0.05) is 65.4 Å². The number of nitrogens with zero attached hydrogens (tertiary/aromatic N) is 2. The van der Waals surface area contributed by atoms with E-state index in [1.165, 1.54) is 0 Å². The van der Waals surface area contributed by atoms with Gasteiger partial charge in [-0.15, -0.1) is 13.1 Å². The normalized spacial score (nSPS) is 19.6. The minimum Gasteiger partial charge on any atom is -0.663 e. The smallest absolute Gasteiger partial charge is 0 e. The average Bonchev–Trinajstić information content (AvgIpc) is 2.00. The molecule has 5 heteroatoms. The number of nitrogens with one attached hydrogen (secondary N) is 1. The Bertz CT molecular complexity index is 44.3. The SMILES string of the molecule is C1C[N-]CCNCC[N-]1.[Y].[Y]. The maximum absolute atomic E-state index is 4.23. The summed E-state index contributed by atoms with van der Waals surface area (Å²) in [5.74, 6) is 0. The van der Waals surface area contributed by atoms with Crippen molar-refractivity contribution in [1.29, 1.82) is 0 Å². The van der Waals surface area contributed by atoms with Crippen LogP contribution in [0.1, 0.15) is 0 Å². The Hall–Kier alpha value is 2.09. The molecule has 3 nitrogen and oxygen atoms in total. The summed E-state index contributed by atoms with van der Waals surface area (Å²) in [5, 5.41) is 11.7. The van der Waals surface area contributed by atoms with E-state index in [0.29, 0.717) is 0 Å². The molecule has 1 aliphatic heterocycles. The Morgan fingerprint density at radius 2 is 1.18 bits per heavy atom. The van der Waals surface area contributed by atoms with E-state index in [-0.39, 0.29) is 65.4 Å². The molecule has 0 saturated carbocycles. The molecule has 1 rings (SSSR count). The summed E-state index contributed by atoms with van der Waals surface area (Å²) >= 11 is 0. The van der Waals surface area contributed by atoms with Gasteiger partial charge in [0.1, 0.15) is 0 Å². The van der Waals surface area contributed by atoms with Crippen LogP contribution in [0, 0.1) is 0 Å². The number of hydrogen-bond acceptors (Lipinski definition) is 1. The van der Waals surface area contributed by atoms with Gasteiger partial charge < -0.3 is 16.0 Å². The molecular weight excluding hydrogens is 292 g/mol. The third-order valence-corrected chi connectivity index (χ3v) is 1.31. The van der Waals surface area contributed by atoms with E-state index < -0.39 is 0 Å². The Morgan fingerprint density at radius 3 is 1.64 bits per heavy atom. The predicted octanol–water partition coefficient (Wildman–Crippen LogP) is 0.332. The van der Waals surface area contributed by atoms with Crippen molar-refractivity contribution in [2.45, 2.75) is 0 Å².